The number of anilines is 1. The molecule has 0 aliphatic heterocycles. The summed E-state index contributed by atoms with van der Waals surface area (Å²) in [5.41, 5.74) is 6.20. The lowest BCUT2D eigenvalue weighted by molar-refractivity contribution is 0.0886. The van der Waals surface area contributed by atoms with E-state index in [2.05, 4.69) is 17.2 Å². The fourth-order valence-corrected chi connectivity index (χ4v) is 1.92. The number of nitrogens with zero attached hydrogens (tertiary/aromatic N) is 1. The molecule has 0 spiro atoms. The van der Waals surface area contributed by atoms with E-state index in [1.54, 1.807) is 18.2 Å². The molecule has 4 nitrogen and oxygen atoms in total. The van der Waals surface area contributed by atoms with Gasteiger partial charge in [0.2, 0.25) is 0 Å². The molecule has 1 aromatic rings. The second-order valence-electron chi connectivity index (χ2n) is 4.79. The Labute approximate surface area is 95.3 Å². The van der Waals surface area contributed by atoms with E-state index in [0.29, 0.717) is 11.5 Å². The summed E-state index contributed by atoms with van der Waals surface area (Å²) in [7, 11) is 0. The first-order valence-electron chi connectivity index (χ1n) is 5.60. The summed E-state index contributed by atoms with van der Waals surface area (Å²) < 4.78 is 0. The first kappa shape index (κ1) is 10.9. The molecular formula is C12H17N3O. The third-order valence-electron chi connectivity index (χ3n) is 3.24. The molecule has 0 aromatic carbocycles. The summed E-state index contributed by atoms with van der Waals surface area (Å²) in [4.78, 5) is 15.7. The van der Waals surface area contributed by atoms with Crippen LogP contribution in [0.2, 0.25) is 0 Å². The largest absolute Gasteiger partial charge is 0.384 e. The number of pyridine rings is 1. The molecule has 0 atom stereocenters. The van der Waals surface area contributed by atoms with Crippen LogP contribution < -0.4 is 11.1 Å². The fourth-order valence-electron chi connectivity index (χ4n) is 1.92. The molecule has 86 valence electrons. The molecule has 16 heavy (non-hydrogen) atoms. The Bertz CT molecular complexity index is 399. The summed E-state index contributed by atoms with van der Waals surface area (Å²) in [6, 6.07) is 5.08. The van der Waals surface area contributed by atoms with Gasteiger partial charge < -0.3 is 11.1 Å². The Morgan fingerprint density at radius 2 is 2.31 bits per heavy atom. The molecule has 1 amide bonds. The lowest BCUT2D eigenvalue weighted by Crippen LogP contribution is -2.40. The maximum absolute atomic E-state index is 11.8. The molecule has 2 rings (SSSR count). The topological polar surface area (TPSA) is 68.0 Å². The van der Waals surface area contributed by atoms with Gasteiger partial charge >= 0.3 is 0 Å². The van der Waals surface area contributed by atoms with Crippen molar-refractivity contribution in [3.8, 4) is 0 Å². The van der Waals surface area contributed by atoms with Crippen molar-refractivity contribution in [1.82, 2.24) is 10.3 Å². The highest BCUT2D eigenvalue weighted by Gasteiger charge is 2.31. The van der Waals surface area contributed by atoms with Gasteiger partial charge in [0.05, 0.1) is 0 Å². The number of rotatable bonds is 3. The lowest BCUT2D eigenvalue weighted by Gasteiger charge is -2.38. The van der Waals surface area contributed by atoms with Gasteiger partial charge in [-0.25, -0.2) is 4.98 Å². The zero-order valence-electron chi connectivity index (χ0n) is 9.49. The van der Waals surface area contributed by atoms with Gasteiger partial charge in [0.1, 0.15) is 11.5 Å². The number of nitrogen functional groups attached to an aromatic ring is 1. The number of nitrogens with one attached hydrogen (secondary N) is 1. The Morgan fingerprint density at radius 1 is 1.56 bits per heavy atom. The van der Waals surface area contributed by atoms with Crippen molar-refractivity contribution in [2.24, 2.45) is 5.41 Å². The second-order valence-corrected chi connectivity index (χ2v) is 4.79. The first-order valence-corrected chi connectivity index (χ1v) is 5.60. The highest BCUT2D eigenvalue weighted by atomic mass is 16.1. The molecule has 3 N–H and O–H groups in total. The van der Waals surface area contributed by atoms with Gasteiger partial charge in [0.15, 0.2) is 0 Å². The maximum atomic E-state index is 11.8. The van der Waals surface area contributed by atoms with Crippen LogP contribution in [0, 0.1) is 5.41 Å². The Hall–Kier alpha value is -1.58. The number of aromatic nitrogens is 1. The van der Waals surface area contributed by atoms with Gasteiger partial charge in [-0.2, -0.15) is 0 Å². The van der Waals surface area contributed by atoms with Crippen molar-refractivity contribution >= 4 is 11.7 Å². The van der Waals surface area contributed by atoms with E-state index in [1.807, 2.05) is 0 Å². The average Bonchev–Trinajstić information content (AvgIpc) is 2.23. The molecule has 0 saturated heterocycles. The van der Waals surface area contributed by atoms with Crippen molar-refractivity contribution < 1.29 is 4.79 Å². The van der Waals surface area contributed by atoms with Crippen LogP contribution in [0.1, 0.15) is 36.7 Å². The Kier molecular flexibility index (Phi) is 2.81. The number of carbonyl (C=O) groups is 1. The predicted molar refractivity (Wildman–Crippen MR) is 62.9 cm³/mol. The summed E-state index contributed by atoms with van der Waals surface area (Å²) in [5, 5.41) is 2.91. The van der Waals surface area contributed by atoms with Crippen LogP contribution in [0.4, 0.5) is 5.82 Å². The quantitative estimate of drug-likeness (QED) is 0.811. The van der Waals surface area contributed by atoms with Gasteiger partial charge in [0.25, 0.3) is 5.91 Å². The highest BCUT2D eigenvalue weighted by Crippen LogP contribution is 2.39. The normalized spacial score (nSPS) is 17.6. The molecule has 1 heterocycles. The van der Waals surface area contributed by atoms with Crippen molar-refractivity contribution in [2.45, 2.75) is 26.2 Å². The van der Waals surface area contributed by atoms with Crippen LogP contribution in [-0.4, -0.2) is 17.4 Å². The van der Waals surface area contributed by atoms with E-state index >= 15 is 0 Å². The molecule has 1 aliphatic rings. The molecule has 4 heteroatoms. The number of carbonyl (C=O) groups excluding carboxylic acids is 1. The van der Waals surface area contributed by atoms with Crippen LogP contribution in [0.5, 0.6) is 0 Å². The first-order chi connectivity index (χ1) is 7.59. The van der Waals surface area contributed by atoms with E-state index in [9.17, 15) is 4.79 Å². The molecule has 1 saturated carbocycles. The standard InChI is InChI=1S/C12H17N3O/c1-12(6-3-7-12)8-14-11(16)9-4-2-5-10(13)15-9/h2,4-5H,3,6-8H2,1H3,(H2,13,15)(H,14,16). The second kappa shape index (κ2) is 4.12. The van der Waals surface area contributed by atoms with E-state index in [4.69, 9.17) is 5.73 Å². The van der Waals surface area contributed by atoms with Crippen LogP contribution in [0.15, 0.2) is 18.2 Å². The third-order valence-corrected chi connectivity index (χ3v) is 3.24. The predicted octanol–water partition coefficient (Wildman–Crippen LogP) is 1.58. The number of amides is 1. The molecular weight excluding hydrogens is 202 g/mol. The number of nitrogens with two attached hydrogens (primary N) is 1. The van der Waals surface area contributed by atoms with Crippen LogP contribution in [0.25, 0.3) is 0 Å². The summed E-state index contributed by atoms with van der Waals surface area (Å²) in [5.74, 6) is 0.239. The number of hydrogen-bond donors (Lipinski definition) is 2. The van der Waals surface area contributed by atoms with Gasteiger partial charge in [0, 0.05) is 6.54 Å². The van der Waals surface area contributed by atoms with E-state index in [0.717, 1.165) is 6.54 Å². The maximum Gasteiger partial charge on any atom is 0.269 e. The van der Waals surface area contributed by atoms with Gasteiger partial charge in [-0.1, -0.05) is 19.4 Å². The molecule has 1 aromatic heterocycles. The highest BCUT2D eigenvalue weighted by molar-refractivity contribution is 5.92. The van der Waals surface area contributed by atoms with Crippen molar-refractivity contribution in [3.63, 3.8) is 0 Å². The summed E-state index contributed by atoms with van der Waals surface area (Å²) in [6.07, 6.45) is 3.65. The van der Waals surface area contributed by atoms with Crippen molar-refractivity contribution in [1.29, 1.82) is 0 Å². The smallest absolute Gasteiger partial charge is 0.269 e. The minimum absolute atomic E-state index is 0.138. The molecule has 0 unspecified atom stereocenters. The van der Waals surface area contributed by atoms with Crippen molar-refractivity contribution in [3.05, 3.63) is 23.9 Å². The molecule has 1 aliphatic carbocycles. The molecule has 0 radical (unpaired) electrons. The minimum Gasteiger partial charge on any atom is -0.384 e. The van der Waals surface area contributed by atoms with Gasteiger partial charge in [-0.3, -0.25) is 4.79 Å². The van der Waals surface area contributed by atoms with E-state index in [1.165, 1.54) is 19.3 Å². The monoisotopic (exact) mass is 219 g/mol. The third kappa shape index (κ3) is 2.32. The fraction of sp³-hybridized carbons (Fsp3) is 0.500. The van der Waals surface area contributed by atoms with E-state index in [-0.39, 0.29) is 11.3 Å². The summed E-state index contributed by atoms with van der Waals surface area (Å²) in [6.45, 7) is 2.92. The Balaban J connectivity index is 1.93. The zero-order valence-corrected chi connectivity index (χ0v) is 9.49. The van der Waals surface area contributed by atoms with Crippen LogP contribution in [-0.2, 0) is 0 Å². The average molecular weight is 219 g/mol. The number of hydrogen-bond acceptors (Lipinski definition) is 3. The zero-order chi connectivity index (χ0) is 11.6. The Morgan fingerprint density at radius 3 is 2.88 bits per heavy atom. The van der Waals surface area contributed by atoms with Crippen molar-refractivity contribution in [2.75, 3.05) is 12.3 Å². The minimum atomic E-state index is -0.138. The van der Waals surface area contributed by atoms with Gasteiger partial charge in [-0.05, 0) is 30.4 Å². The molecule has 1 fully saturated rings. The van der Waals surface area contributed by atoms with Gasteiger partial charge in [-0.15, -0.1) is 0 Å². The van der Waals surface area contributed by atoms with Crippen LogP contribution in [0.3, 0.4) is 0 Å². The van der Waals surface area contributed by atoms with Crippen LogP contribution >= 0.6 is 0 Å². The van der Waals surface area contributed by atoms with E-state index < -0.39 is 0 Å². The summed E-state index contributed by atoms with van der Waals surface area (Å²) >= 11 is 0. The SMILES string of the molecule is CC1(CNC(=O)c2cccc(N)n2)CCC1. The lowest BCUT2D eigenvalue weighted by atomic mass is 9.70. The molecule has 0 bridgehead atoms.